The zero-order valence-corrected chi connectivity index (χ0v) is 9.54. The van der Waals surface area contributed by atoms with Crippen molar-refractivity contribution in [1.29, 1.82) is 0 Å². The third-order valence-corrected chi connectivity index (χ3v) is 2.50. The van der Waals surface area contributed by atoms with Crippen LogP contribution in [0.1, 0.15) is 0 Å². The van der Waals surface area contributed by atoms with Crippen molar-refractivity contribution in [2.75, 3.05) is 17.6 Å². The first kappa shape index (κ1) is 10.5. The number of hydrogen-bond acceptors (Lipinski definition) is 6. The normalized spacial score (nSPS) is 10.9. The molecular weight excluding hydrogens is 232 g/mol. The van der Waals surface area contributed by atoms with Crippen LogP contribution in [0.3, 0.4) is 0 Å². The summed E-state index contributed by atoms with van der Waals surface area (Å²) in [6, 6.07) is 1.88. The quantitative estimate of drug-likeness (QED) is 0.606. The summed E-state index contributed by atoms with van der Waals surface area (Å²) in [5.74, 6) is 0.860. The highest BCUT2D eigenvalue weighted by molar-refractivity contribution is 5.83. The second kappa shape index (κ2) is 4.32. The summed E-state index contributed by atoms with van der Waals surface area (Å²) in [6.45, 7) is 1.43. The van der Waals surface area contributed by atoms with Gasteiger partial charge in [0.15, 0.2) is 11.5 Å². The summed E-state index contributed by atoms with van der Waals surface area (Å²) in [7, 11) is 0. The number of nitrogens with one attached hydrogen (secondary N) is 2. The van der Waals surface area contributed by atoms with E-state index in [1.165, 1.54) is 0 Å². The molecule has 0 aliphatic rings. The van der Waals surface area contributed by atoms with Crippen LogP contribution in [-0.2, 0) is 6.54 Å². The van der Waals surface area contributed by atoms with E-state index in [0.717, 1.165) is 12.1 Å². The van der Waals surface area contributed by atoms with Gasteiger partial charge in [-0.2, -0.15) is 15.1 Å². The average Bonchev–Trinajstić information content (AvgIpc) is 2.98. The first-order valence-electron chi connectivity index (χ1n) is 5.51. The smallest absolute Gasteiger partial charge is 0.224 e. The lowest BCUT2D eigenvalue weighted by Gasteiger charge is -2.06. The summed E-state index contributed by atoms with van der Waals surface area (Å²) >= 11 is 0. The van der Waals surface area contributed by atoms with Gasteiger partial charge in [-0.3, -0.25) is 4.68 Å². The lowest BCUT2D eigenvalue weighted by atomic mass is 10.4. The number of fused-ring (bicyclic) bond motifs is 1. The minimum absolute atomic E-state index is 0.205. The molecule has 3 heterocycles. The number of H-pyrrole nitrogens is 1. The van der Waals surface area contributed by atoms with E-state index < -0.39 is 0 Å². The molecule has 8 nitrogen and oxygen atoms in total. The van der Waals surface area contributed by atoms with Crippen LogP contribution in [0.2, 0.25) is 0 Å². The van der Waals surface area contributed by atoms with Crippen molar-refractivity contribution in [2.24, 2.45) is 0 Å². The molecule has 0 amide bonds. The van der Waals surface area contributed by atoms with Gasteiger partial charge in [0.05, 0.1) is 12.9 Å². The van der Waals surface area contributed by atoms with Crippen molar-refractivity contribution < 1.29 is 0 Å². The number of nitrogens with two attached hydrogens (primary N) is 1. The fourth-order valence-corrected chi connectivity index (χ4v) is 1.70. The Morgan fingerprint density at radius 3 is 3.17 bits per heavy atom. The van der Waals surface area contributed by atoms with Gasteiger partial charge in [0.25, 0.3) is 0 Å². The molecule has 3 aromatic heterocycles. The Morgan fingerprint density at radius 1 is 1.39 bits per heavy atom. The highest BCUT2D eigenvalue weighted by Crippen LogP contribution is 2.16. The van der Waals surface area contributed by atoms with Gasteiger partial charge in [-0.05, 0) is 6.07 Å². The van der Waals surface area contributed by atoms with Crippen LogP contribution >= 0.6 is 0 Å². The second-order valence-electron chi connectivity index (χ2n) is 3.73. The predicted octanol–water partition coefficient (Wildman–Crippen LogP) is 0.244. The van der Waals surface area contributed by atoms with E-state index >= 15 is 0 Å². The van der Waals surface area contributed by atoms with E-state index in [0.29, 0.717) is 18.0 Å². The summed E-state index contributed by atoms with van der Waals surface area (Å²) in [5.41, 5.74) is 6.93. The fourth-order valence-electron chi connectivity index (χ4n) is 1.70. The van der Waals surface area contributed by atoms with Crippen molar-refractivity contribution in [3.63, 3.8) is 0 Å². The molecule has 0 aromatic carbocycles. The molecule has 3 aromatic rings. The van der Waals surface area contributed by atoms with Gasteiger partial charge in [-0.1, -0.05) is 0 Å². The molecule has 4 N–H and O–H groups in total. The molecule has 3 rings (SSSR count). The van der Waals surface area contributed by atoms with E-state index in [-0.39, 0.29) is 5.95 Å². The van der Waals surface area contributed by atoms with Crippen molar-refractivity contribution in [3.8, 4) is 0 Å². The molecule has 0 saturated carbocycles. The predicted molar refractivity (Wildman–Crippen MR) is 66.8 cm³/mol. The maximum Gasteiger partial charge on any atom is 0.224 e. The van der Waals surface area contributed by atoms with Gasteiger partial charge in [0.1, 0.15) is 5.52 Å². The number of imidazole rings is 1. The monoisotopic (exact) mass is 244 g/mol. The van der Waals surface area contributed by atoms with Gasteiger partial charge in [0, 0.05) is 18.9 Å². The number of nitrogen functional groups attached to an aromatic ring is 1. The van der Waals surface area contributed by atoms with Gasteiger partial charge in [-0.25, -0.2) is 4.98 Å². The van der Waals surface area contributed by atoms with Gasteiger partial charge < -0.3 is 16.0 Å². The van der Waals surface area contributed by atoms with Gasteiger partial charge in [0.2, 0.25) is 5.95 Å². The van der Waals surface area contributed by atoms with E-state index in [9.17, 15) is 0 Å². The Hall–Kier alpha value is -2.64. The molecule has 0 aliphatic carbocycles. The van der Waals surface area contributed by atoms with E-state index in [2.05, 4.69) is 30.4 Å². The molecule has 0 radical (unpaired) electrons. The van der Waals surface area contributed by atoms with Crippen molar-refractivity contribution >= 4 is 22.9 Å². The molecule has 0 bridgehead atoms. The minimum atomic E-state index is 0.205. The number of aromatic amines is 1. The molecule has 0 aliphatic heterocycles. The number of hydrogen-bond donors (Lipinski definition) is 3. The van der Waals surface area contributed by atoms with Gasteiger partial charge >= 0.3 is 0 Å². The Balaban J connectivity index is 1.75. The van der Waals surface area contributed by atoms with E-state index in [1.54, 1.807) is 12.5 Å². The minimum Gasteiger partial charge on any atom is -0.368 e. The van der Waals surface area contributed by atoms with Crippen LogP contribution in [-0.4, -0.2) is 36.3 Å². The number of anilines is 2. The van der Waals surface area contributed by atoms with E-state index in [4.69, 9.17) is 5.73 Å². The van der Waals surface area contributed by atoms with Crippen LogP contribution < -0.4 is 11.1 Å². The summed E-state index contributed by atoms with van der Waals surface area (Å²) in [4.78, 5) is 15.2. The Labute approximate surface area is 102 Å². The van der Waals surface area contributed by atoms with Crippen LogP contribution in [0.5, 0.6) is 0 Å². The average molecular weight is 244 g/mol. The molecule has 0 fully saturated rings. The molecule has 8 heteroatoms. The third-order valence-electron chi connectivity index (χ3n) is 2.50. The molecule has 0 spiro atoms. The second-order valence-corrected chi connectivity index (χ2v) is 3.73. The van der Waals surface area contributed by atoms with Crippen molar-refractivity contribution in [2.45, 2.75) is 6.54 Å². The Bertz CT molecular complexity index is 641. The lowest BCUT2D eigenvalue weighted by Crippen LogP contribution is -2.12. The van der Waals surface area contributed by atoms with Crippen molar-refractivity contribution in [1.82, 2.24) is 29.7 Å². The molecule has 18 heavy (non-hydrogen) atoms. The molecule has 0 atom stereocenters. The summed E-state index contributed by atoms with van der Waals surface area (Å²) < 4.78 is 1.84. The topological polar surface area (TPSA) is 110 Å². The maximum absolute atomic E-state index is 5.62. The van der Waals surface area contributed by atoms with Crippen LogP contribution in [0.4, 0.5) is 11.8 Å². The number of aromatic nitrogens is 6. The zero-order valence-electron chi connectivity index (χ0n) is 9.54. The largest absolute Gasteiger partial charge is 0.368 e. The van der Waals surface area contributed by atoms with Crippen LogP contribution in [0, 0.1) is 0 Å². The lowest BCUT2D eigenvalue weighted by molar-refractivity contribution is 0.637. The fraction of sp³-hybridized carbons (Fsp3) is 0.200. The molecule has 0 saturated heterocycles. The highest BCUT2D eigenvalue weighted by Gasteiger charge is 2.07. The van der Waals surface area contributed by atoms with Crippen LogP contribution in [0.15, 0.2) is 24.8 Å². The van der Waals surface area contributed by atoms with Crippen LogP contribution in [0.25, 0.3) is 11.2 Å². The first-order valence-corrected chi connectivity index (χ1v) is 5.51. The van der Waals surface area contributed by atoms with E-state index in [1.807, 2.05) is 16.9 Å². The van der Waals surface area contributed by atoms with Crippen molar-refractivity contribution in [3.05, 3.63) is 24.8 Å². The zero-order chi connectivity index (χ0) is 12.4. The number of rotatable bonds is 4. The standard InChI is InChI=1S/C10H12N8/c11-10-16-8(7-9(17-10)14-6-13-7)12-3-5-18-4-1-2-15-18/h1-2,4,6H,3,5H2,(H4,11,12,13,14,16,17). The molecular formula is C10H12N8. The highest BCUT2D eigenvalue weighted by atomic mass is 15.3. The SMILES string of the molecule is Nc1nc(NCCn2cccn2)c2[nH]cnc2n1. The first-order chi connectivity index (χ1) is 8.83. The third kappa shape index (κ3) is 1.95. The maximum atomic E-state index is 5.62. The van der Waals surface area contributed by atoms with Gasteiger partial charge in [-0.15, -0.1) is 0 Å². The molecule has 92 valence electrons. The number of nitrogens with zero attached hydrogens (tertiary/aromatic N) is 5. The summed E-state index contributed by atoms with van der Waals surface area (Å²) in [5, 5.41) is 7.31. The summed E-state index contributed by atoms with van der Waals surface area (Å²) in [6.07, 6.45) is 5.22. The Morgan fingerprint density at radius 2 is 2.33 bits per heavy atom. The molecule has 0 unspecified atom stereocenters. The Kier molecular flexibility index (Phi) is 2.52.